The number of nitrogens with one attached hydrogen (secondary N) is 1. The summed E-state index contributed by atoms with van der Waals surface area (Å²) in [6.07, 6.45) is 0.517. The number of methoxy groups -OCH3 is 1. The molecule has 0 spiro atoms. The van der Waals surface area contributed by atoms with E-state index < -0.39 is 23.5 Å². The number of hydrogen-bond acceptors (Lipinski definition) is 4. The predicted octanol–water partition coefficient (Wildman–Crippen LogP) is 3.36. The van der Waals surface area contributed by atoms with Crippen molar-refractivity contribution in [2.75, 3.05) is 25.6 Å². The van der Waals surface area contributed by atoms with Crippen molar-refractivity contribution >= 4 is 35.0 Å². The molecule has 0 fully saturated rings. The largest absolute Gasteiger partial charge is 0.385 e. The summed E-state index contributed by atoms with van der Waals surface area (Å²) in [7, 11) is 1.54. The van der Waals surface area contributed by atoms with Gasteiger partial charge in [-0.1, -0.05) is 17.7 Å². The maximum absolute atomic E-state index is 13.9. The molecule has 1 heterocycles. The van der Waals surface area contributed by atoms with Crippen molar-refractivity contribution in [2.24, 2.45) is 0 Å². The van der Waals surface area contributed by atoms with Crippen molar-refractivity contribution in [3.63, 3.8) is 0 Å². The van der Waals surface area contributed by atoms with Crippen LogP contribution in [0.4, 0.5) is 10.1 Å². The first-order valence-corrected chi connectivity index (χ1v) is 8.56. The average Bonchev–Trinajstić information content (AvgIpc) is 2.90. The predicted molar refractivity (Wildman–Crippen MR) is 97.7 cm³/mol. The molecule has 3 rings (SSSR count). The third-order valence-electron chi connectivity index (χ3n) is 4.16. The Balaban J connectivity index is 1.81. The van der Waals surface area contributed by atoms with Gasteiger partial charge in [-0.3, -0.25) is 19.3 Å². The second-order valence-electron chi connectivity index (χ2n) is 5.92. The number of hydrogen-bond donors (Lipinski definition) is 1. The molecule has 0 radical (unpaired) electrons. The Morgan fingerprint density at radius 2 is 1.93 bits per heavy atom. The van der Waals surface area contributed by atoms with Crippen LogP contribution in [0.15, 0.2) is 36.4 Å². The van der Waals surface area contributed by atoms with Crippen LogP contribution in [0.1, 0.15) is 37.5 Å². The Hall–Kier alpha value is -2.77. The molecule has 6 nitrogen and oxygen atoms in total. The van der Waals surface area contributed by atoms with Gasteiger partial charge in [0, 0.05) is 25.8 Å². The number of nitrogens with zero attached hydrogens (tertiary/aromatic N) is 1. The monoisotopic (exact) mass is 390 g/mol. The van der Waals surface area contributed by atoms with Gasteiger partial charge in [-0.2, -0.15) is 0 Å². The number of carbonyl (C=O) groups is 3. The molecule has 0 saturated carbocycles. The number of rotatable bonds is 6. The normalized spacial score (nSPS) is 13.1. The molecule has 2 aromatic rings. The summed E-state index contributed by atoms with van der Waals surface area (Å²) < 4.78 is 18.9. The molecule has 0 saturated heterocycles. The number of benzene rings is 2. The van der Waals surface area contributed by atoms with Gasteiger partial charge in [0.25, 0.3) is 17.7 Å². The molecule has 0 bridgehead atoms. The Morgan fingerprint density at radius 1 is 1.19 bits per heavy atom. The Morgan fingerprint density at radius 3 is 2.67 bits per heavy atom. The molecule has 8 heteroatoms. The summed E-state index contributed by atoms with van der Waals surface area (Å²) in [6, 6.07) is 8.42. The van der Waals surface area contributed by atoms with Gasteiger partial charge in [0.1, 0.15) is 0 Å². The van der Waals surface area contributed by atoms with Gasteiger partial charge in [0.15, 0.2) is 5.82 Å². The molecule has 0 unspecified atom stereocenters. The van der Waals surface area contributed by atoms with E-state index in [1.54, 1.807) is 0 Å². The fourth-order valence-corrected chi connectivity index (χ4v) is 2.97. The van der Waals surface area contributed by atoms with Gasteiger partial charge < -0.3 is 10.1 Å². The lowest BCUT2D eigenvalue weighted by atomic mass is 10.1. The van der Waals surface area contributed by atoms with Crippen LogP contribution in [0.25, 0.3) is 0 Å². The highest BCUT2D eigenvalue weighted by Crippen LogP contribution is 2.26. The fraction of sp³-hybridized carbons (Fsp3) is 0.211. The number of ether oxygens (including phenoxy) is 1. The lowest BCUT2D eigenvalue weighted by molar-refractivity contribution is 0.0638. The minimum absolute atomic E-state index is 0.0726. The second kappa shape index (κ2) is 7.85. The number of carbonyl (C=O) groups excluding carboxylic acids is 3. The quantitative estimate of drug-likeness (QED) is 0.606. The van der Waals surface area contributed by atoms with Crippen molar-refractivity contribution in [3.05, 3.63) is 63.9 Å². The van der Waals surface area contributed by atoms with E-state index in [4.69, 9.17) is 16.3 Å². The van der Waals surface area contributed by atoms with Crippen LogP contribution < -0.4 is 5.32 Å². The number of halogens is 2. The molecular weight excluding hydrogens is 375 g/mol. The summed E-state index contributed by atoms with van der Waals surface area (Å²) >= 11 is 5.70. The zero-order valence-electron chi connectivity index (χ0n) is 14.4. The molecule has 140 valence electrons. The van der Waals surface area contributed by atoms with Crippen LogP contribution in [0, 0.1) is 5.82 Å². The zero-order chi connectivity index (χ0) is 19.6. The van der Waals surface area contributed by atoms with Crippen LogP contribution >= 0.6 is 11.6 Å². The van der Waals surface area contributed by atoms with Gasteiger partial charge in [-0.05, 0) is 36.8 Å². The summed E-state index contributed by atoms with van der Waals surface area (Å²) in [5, 5.41) is 2.30. The molecule has 0 aromatic heterocycles. The average molecular weight is 391 g/mol. The maximum Gasteiger partial charge on any atom is 0.261 e. The summed E-state index contributed by atoms with van der Waals surface area (Å²) in [5.74, 6) is -2.23. The molecule has 2 aromatic carbocycles. The van der Waals surface area contributed by atoms with Gasteiger partial charge in [-0.25, -0.2) is 4.39 Å². The van der Waals surface area contributed by atoms with Crippen molar-refractivity contribution in [1.29, 1.82) is 0 Å². The van der Waals surface area contributed by atoms with Crippen molar-refractivity contribution in [3.8, 4) is 0 Å². The lowest BCUT2D eigenvalue weighted by Crippen LogP contribution is -2.31. The third kappa shape index (κ3) is 3.70. The summed E-state index contributed by atoms with van der Waals surface area (Å²) in [5.41, 5.74) is 0.448. The van der Waals surface area contributed by atoms with Crippen LogP contribution in [0.3, 0.4) is 0 Å². The van der Waals surface area contributed by atoms with E-state index in [0.29, 0.717) is 13.0 Å². The smallest absolute Gasteiger partial charge is 0.261 e. The molecule has 0 atom stereocenters. The Bertz CT molecular complexity index is 932. The Kier molecular flexibility index (Phi) is 5.53. The number of anilines is 1. The van der Waals surface area contributed by atoms with Gasteiger partial charge in [0.05, 0.1) is 21.8 Å². The third-order valence-corrected chi connectivity index (χ3v) is 4.45. The highest BCUT2D eigenvalue weighted by Gasteiger charge is 2.35. The van der Waals surface area contributed by atoms with Crippen LogP contribution in [-0.2, 0) is 4.74 Å². The fourth-order valence-electron chi connectivity index (χ4n) is 2.80. The summed E-state index contributed by atoms with van der Waals surface area (Å²) in [4.78, 5) is 38.4. The number of amides is 3. The van der Waals surface area contributed by atoms with Gasteiger partial charge in [-0.15, -0.1) is 0 Å². The first-order valence-electron chi connectivity index (χ1n) is 8.18. The van der Waals surface area contributed by atoms with Crippen LogP contribution in [0.2, 0.25) is 5.02 Å². The maximum atomic E-state index is 13.9. The van der Waals surface area contributed by atoms with E-state index in [2.05, 4.69) is 5.32 Å². The van der Waals surface area contributed by atoms with Crippen LogP contribution in [-0.4, -0.2) is 42.9 Å². The molecular formula is C19H16ClFN2O4. The van der Waals surface area contributed by atoms with Gasteiger partial charge >= 0.3 is 0 Å². The topological polar surface area (TPSA) is 75.7 Å². The highest BCUT2D eigenvalue weighted by molar-refractivity contribution is 6.31. The van der Waals surface area contributed by atoms with E-state index in [9.17, 15) is 18.8 Å². The van der Waals surface area contributed by atoms with E-state index in [0.717, 1.165) is 4.90 Å². The standard InChI is InChI=1S/C19H16ClFN2O4/c1-27-9-3-8-23-18(25)12-7-6-11(10-13(12)19(23)26)17(24)22-15-5-2-4-14(20)16(15)21/h2,4-7,10H,3,8-9H2,1H3,(H,22,24). The minimum atomic E-state index is -0.746. The highest BCUT2D eigenvalue weighted by atomic mass is 35.5. The molecule has 1 N–H and O–H groups in total. The molecule has 27 heavy (non-hydrogen) atoms. The van der Waals surface area contributed by atoms with Crippen molar-refractivity contribution in [1.82, 2.24) is 4.90 Å². The van der Waals surface area contributed by atoms with Crippen LogP contribution in [0.5, 0.6) is 0 Å². The van der Waals surface area contributed by atoms with E-state index >= 15 is 0 Å². The number of fused-ring (bicyclic) bond motifs is 1. The first kappa shape index (κ1) is 19.0. The van der Waals surface area contributed by atoms with E-state index in [1.165, 1.54) is 43.5 Å². The minimum Gasteiger partial charge on any atom is -0.385 e. The molecule has 0 aliphatic carbocycles. The number of imide groups is 1. The van der Waals surface area contributed by atoms with E-state index in [1.807, 2.05) is 0 Å². The van der Waals surface area contributed by atoms with Crippen molar-refractivity contribution < 1.29 is 23.5 Å². The van der Waals surface area contributed by atoms with Gasteiger partial charge in [0.2, 0.25) is 0 Å². The van der Waals surface area contributed by atoms with Crippen molar-refractivity contribution in [2.45, 2.75) is 6.42 Å². The SMILES string of the molecule is COCCCN1C(=O)c2ccc(C(=O)Nc3cccc(Cl)c3F)cc2C1=O. The summed E-state index contributed by atoms with van der Waals surface area (Å²) in [6.45, 7) is 0.654. The molecule has 1 aliphatic heterocycles. The Labute approximate surface area is 159 Å². The zero-order valence-corrected chi connectivity index (χ0v) is 15.2. The second-order valence-corrected chi connectivity index (χ2v) is 6.33. The van der Waals surface area contributed by atoms with E-state index in [-0.39, 0.29) is 33.9 Å². The molecule has 3 amide bonds. The molecule has 1 aliphatic rings. The first-order chi connectivity index (χ1) is 12.9. The lowest BCUT2D eigenvalue weighted by Gasteiger charge is -2.12.